The molecule has 1 aliphatic rings. The monoisotopic (exact) mass is 311 g/mol. The van der Waals surface area contributed by atoms with Crippen molar-refractivity contribution in [3.63, 3.8) is 0 Å². The zero-order valence-electron chi connectivity index (χ0n) is 12.8. The van der Waals surface area contributed by atoms with E-state index in [1.54, 1.807) is 12.1 Å². The molecule has 21 heavy (non-hydrogen) atoms. The molecule has 0 unspecified atom stereocenters. The first-order valence-corrected chi connectivity index (χ1v) is 9.07. The summed E-state index contributed by atoms with van der Waals surface area (Å²) in [5.74, 6) is 0.380. The molecule has 1 aromatic carbocycles. The first kappa shape index (κ1) is 16.5. The first-order chi connectivity index (χ1) is 9.88. The fraction of sp³-hybridized carbons (Fsp3) is 0.625. The van der Waals surface area contributed by atoms with Gasteiger partial charge < -0.3 is 5.11 Å². The van der Waals surface area contributed by atoms with Gasteiger partial charge in [-0.2, -0.15) is 0 Å². The van der Waals surface area contributed by atoms with Crippen molar-refractivity contribution in [1.29, 1.82) is 0 Å². The lowest BCUT2D eigenvalue weighted by molar-refractivity contribution is 0.134. The molecule has 5 heteroatoms. The Morgan fingerprint density at radius 2 is 1.76 bits per heavy atom. The van der Waals surface area contributed by atoms with Crippen LogP contribution in [0, 0.1) is 5.41 Å². The van der Waals surface area contributed by atoms with E-state index in [0.717, 1.165) is 31.2 Å². The van der Waals surface area contributed by atoms with Crippen molar-refractivity contribution < 1.29 is 13.5 Å². The molecule has 0 spiro atoms. The van der Waals surface area contributed by atoms with Gasteiger partial charge in [-0.3, -0.25) is 0 Å². The summed E-state index contributed by atoms with van der Waals surface area (Å²) >= 11 is 0. The Bertz CT molecular complexity index is 558. The van der Waals surface area contributed by atoms with Crippen LogP contribution in [0.25, 0.3) is 0 Å². The molecule has 2 rings (SSSR count). The molecule has 4 nitrogen and oxygen atoms in total. The van der Waals surface area contributed by atoms with Crippen LogP contribution in [0.15, 0.2) is 29.2 Å². The molecular weight excluding hydrogens is 286 g/mol. The number of rotatable bonds is 6. The van der Waals surface area contributed by atoms with Gasteiger partial charge in [-0.05, 0) is 36.5 Å². The zero-order valence-corrected chi connectivity index (χ0v) is 13.6. The Morgan fingerprint density at radius 1 is 1.19 bits per heavy atom. The molecule has 1 aliphatic carbocycles. The minimum atomic E-state index is -3.50. The minimum Gasteiger partial charge on any atom is -0.396 e. The van der Waals surface area contributed by atoms with Crippen LogP contribution in [-0.4, -0.2) is 26.7 Å². The predicted molar refractivity (Wildman–Crippen MR) is 83.7 cm³/mol. The average Bonchev–Trinajstić information content (AvgIpc) is 2.95. The van der Waals surface area contributed by atoms with Gasteiger partial charge in [-0.25, -0.2) is 13.1 Å². The van der Waals surface area contributed by atoms with Crippen molar-refractivity contribution >= 4 is 10.0 Å². The summed E-state index contributed by atoms with van der Waals surface area (Å²) in [7, 11) is -3.50. The fourth-order valence-electron chi connectivity index (χ4n) is 2.88. The largest absolute Gasteiger partial charge is 0.396 e. The van der Waals surface area contributed by atoms with Gasteiger partial charge in [0, 0.05) is 18.6 Å². The van der Waals surface area contributed by atoms with E-state index < -0.39 is 10.0 Å². The summed E-state index contributed by atoms with van der Waals surface area (Å²) in [5, 5.41) is 9.55. The van der Waals surface area contributed by atoms with E-state index in [2.05, 4.69) is 18.6 Å². The van der Waals surface area contributed by atoms with Crippen LogP contribution in [0.5, 0.6) is 0 Å². The smallest absolute Gasteiger partial charge is 0.240 e. The maximum absolute atomic E-state index is 12.3. The molecule has 1 saturated carbocycles. The van der Waals surface area contributed by atoms with E-state index in [9.17, 15) is 13.5 Å². The van der Waals surface area contributed by atoms with Crippen LogP contribution in [0.2, 0.25) is 0 Å². The van der Waals surface area contributed by atoms with Crippen molar-refractivity contribution in [2.24, 2.45) is 5.41 Å². The maximum atomic E-state index is 12.3. The first-order valence-electron chi connectivity index (χ1n) is 7.59. The average molecular weight is 311 g/mol. The number of hydrogen-bond acceptors (Lipinski definition) is 3. The number of aliphatic hydroxyl groups excluding tert-OH is 1. The molecule has 0 aliphatic heterocycles. The molecule has 1 fully saturated rings. The predicted octanol–water partition coefficient (Wildman–Crippen LogP) is 2.64. The van der Waals surface area contributed by atoms with E-state index in [0.29, 0.717) is 12.5 Å². The fourth-order valence-corrected chi connectivity index (χ4v) is 4.04. The van der Waals surface area contributed by atoms with Gasteiger partial charge in [0.2, 0.25) is 10.0 Å². The van der Waals surface area contributed by atoms with Crippen molar-refractivity contribution in [2.45, 2.75) is 50.3 Å². The normalized spacial score (nSPS) is 18.3. The highest BCUT2D eigenvalue weighted by atomic mass is 32.2. The highest BCUT2D eigenvalue weighted by Crippen LogP contribution is 2.37. The van der Waals surface area contributed by atoms with Gasteiger partial charge in [-0.15, -0.1) is 0 Å². The summed E-state index contributed by atoms with van der Waals surface area (Å²) in [6.07, 6.45) is 3.90. The van der Waals surface area contributed by atoms with Crippen LogP contribution in [0.1, 0.15) is 51.0 Å². The maximum Gasteiger partial charge on any atom is 0.240 e. The number of benzene rings is 1. The van der Waals surface area contributed by atoms with Crippen molar-refractivity contribution in [2.75, 3.05) is 13.2 Å². The van der Waals surface area contributed by atoms with E-state index in [4.69, 9.17) is 0 Å². The van der Waals surface area contributed by atoms with Crippen molar-refractivity contribution in [3.8, 4) is 0 Å². The molecule has 1 aromatic rings. The van der Waals surface area contributed by atoms with Crippen LogP contribution in [0.4, 0.5) is 0 Å². The van der Waals surface area contributed by atoms with Gasteiger partial charge in [0.15, 0.2) is 0 Å². The Morgan fingerprint density at radius 3 is 2.24 bits per heavy atom. The van der Waals surface area contributed by atoms with Crippen molar-refractivity contribution in [3.05, 3.63) is 29.8 Å². The molecule has 0 heterocycles. The second kappa shape index (κ2) is 6.46. The highest BCUT2D eigenvalue weighted by Gasteiger charge is 2.34. The number of nitrogens with one attached hydrogen (secondary N) is 1. The molecule has 0 atom stereocenters. The third kappa shape index (κ3) is 3.84. The number of hydrogen-bond donors (Lipinski definition) is 2. The van der Waals surface area contributed by atoms with Crippen LogP contribution in [0.3, 0.4) is 0 Å². The lowest BCUT2D eigenvalue weighted by Gasteiger charge is -2.26. The number of aliphatic hydroxyl groups is 1. The van der Waals surface area contributed by atoms with Crippen LogP contribution in [-0.2, 0) is 10.0 Å². The van der Waals surface area contributed by atoms with E-state index in [1.165, 1.54) is 0 Å². The zero-order chi connectivity index (χ0) is 15.5. The quantitative estimate of drug-likeness (QED) is 0.849. The molecule has 0 radical (unpaired) electrons. The third-order valence-electron chi connectivity index (χ3n) is 4.49. The van der Waals surface area contributed by atoms with E-state index in [-0.39, 0.29) is 16.9 Å². The SMILES string of the molecule is CC(C)c1ccc(S(=O)(=O)NCC2(CO)CCCC2)cc1. The highest BCUT2D eigenvalue weighted by molar-refractivity contribution is 7.89. The molecule has 2 N–H and O–H groups in total. The second-order valence-electron chi connectivity index (χ2n) is 6.41. The summed E-state index contributed by atoms with van der Waals surface area (Å²) in [6, 6.07) is 7.02. The molecule has 0 bridgehead atoms. The van der Waals surface area contributed by atoms with Gasteiger partial charge in [0.05, 0.1) is 4.90 Å². The molecule has 0 saturated heterocycles. The van der Waals surface area contributed by atoms with Crippen molar-refractivity contribution in [1.82, 2.24) is 4.72 Å². The lowest BCUT2D eigenvalue weighted by atomic mass is 9.88. The summed E-state index contributed by atoms with van der Waals surface area (Å²) in [4.78, 5) is 0.290. The third-order valence-corrected chi connectivity index (χ3v) is 5.91. The standard InChI is InChI=1S/C16H25NO3S/c1-13(2)14-5-7-15(8-6-14)21(19,20)17-11-16(12-18)9-3-4-10-16/h5-8,13,17-18H,3-4,9-12H2,1-2H3. The Balaban J connectivity index is 2.07. The molecule has 0 aromatic heterocycles. The second-order valence-corrected chi connectivity index (χ2v) is 8.18. The van der Waals surface area contributed by atoms with Crippen LogP contribution >= 0.6 is 0 Å². The molecular formula is C16H25NO3S. The Hall–Kier alpha value is -0.910. The minimum absolute atomic E-state index is 0.0435. The Kier molecular flexibility index (Phi) is 5.07. The van der Waals surface area contributed by atoms with Crippen LogP contribution < -0.4 is 4.72 Å². The topological polar surface area (TPSA) is 66.4 Å². The molecule has 118 valence electrons. The van der Waals surface area contributed by atoms with E-state index >= 15 is 0 Å². The van der Waals surface area contributed by atoms with Gasteiger partial charge in [0.1, 0.15) is 0 Å². The van der Waals surface area contributed by atoms with Gasteiger partial charge in [0.25, 0.3) is 0 Å². The van der Waals surface area contributed by atoms with Gasteiger partial charge >= 0.3 is 0 Å². The Labute approximate surface area is 127 Å². The summed E-state index contributed by atoms with van der Waals surface area (Å²) in [6.45, 7) is 4.51. The van der Waals surface area contributed by atoms with E-state index in [1.807, 2.05) is 12.1 Å². The number of sulfonamides is 1. The van der Waals surface area contributed by atoms with Gasteiger partial charge in [-0.1, -0.05) is 38.8 Å². The lowest BCUT2D eigenvalue weighted by Crippen LogP contribution is -2.38. The summed E-state index contributed by atoms with van der Waals surface area (Å²) in [5.41, 5.74) is 0.849. The molecule has 0 amide bonds. The summed E-state index contributed by atoms with van der Waals surface area (Å²) < 4.78 is 27.3.